The Kier molecular flexibility index (Phi) is 4.33. The molecule has 0 heterocycles. The fourth-order valence-electron chi connectivity index (χ4n) is 1.90. The predicted octanol–water partition coefficient (Wildman–Crippen LogP) is 0.791. The van der Waals surface area contributed by atoms with Crippen molar-refractivity contribution in [2.24, 2.45) is 0 Å². The zero-order chi connectivity index (χ0) is 13.7. The minimum atomic E-state index is -1.50. The second-order valence-electron chi connectivity index (χ2n) is 4.13. The summed E-state index contributed by atoms with van der Waals surface area (Å²) in [6, 6.07) is 14.2. The quantitative estimate of drug-likeness (QED) is 0.545. The number of nitrogens with one attached hydrogen (secondary N) is 1. The van der Waals surface area contributed by atoms with Gasteiger partial charge in [-0.1, -0.05) is 36.4 Å². The molecule has 4 nitrogen and oxygen atoms in total. The van der Waals surface area contributed by atoms with Gasteiger partial charge in [0.05, 0.1) is 0 Å². The Morgan fingerprint density at radius 3 is 2.47 bits per heavy atom. The van der Waals surface area contributed by atoms with E-state index in [1.165, 1.54) is 0 Å². The van der Waals surface area contributed by atoms with Crippen molar-refractivity contribution < 1.29 is 14.8 Å². The van der Waals surface area contributed by atoms with Gasteiger partial charge in [-0.15, -0.1) is 0 Å². The van der Waals surface area contributed by atoms with Crippen molar-refractivity contribution in [3.8, 4) is 0 Å². The van der Waals surface area contributed by atoms with E-state index >= 15 is 0 Å². The standard InChI is InChI=1S/C14H14BNO3/c17-10-12-6-2-4-8-14(12)16-9-11-5-1-3-7-13(11)15(18)19/h1-8,10,16,18-19H,9H2. The van der Waals surface area contributed by atoms with Gasteiger partial charge in [-0.05, 0) is 23.2 Å². The molecule has 2 aromatic rings. The highest BCUT2D eigenvalue weighted by atomic mass is 16.4. The van der Waals surface area contributed by atoms with Crippen LogP contribution in [0.1, 0.15) is 15.9 Å². The topological polar surface area (TPSA) is 69.6 Å². The van der Waals surface area contributed by atoms with Gasteiger partial charge in [-0.25, -0.2) is 0 Å². The van der Waals surface area contributed by atoms with E-state index < -0.39 is 7.12 Å². The molecular weight excluding hydrogens is 241 g/mol. The third-order valence-electron chi connectivity index (χ3n) is 2.89. The van der Waals surface area contributed by atoms with Crippen LogP contribution in [0.4, 0.5) is 5.69 Å². The number of aldehydes is 1. The van der Waals surface area contributed by atoms with Gasteiger partial charge in [-0.3, -0.25) is 4.79 Å². The Hall–Kier alpha value is -2.11. The predicted molar refractivity (Wildman–Crippen MR) is 75.4 cm³/mol. The molecule has 0 saturated heterocycles. The summed E-state index contributed by atoms with van der Waals surface area (Å²) >= 11 is 0. The molecule has 0 fully saturated rings. The van der Waals surface area contributed by atoms with E-state index in [4.69, 9.17) is 0 Å². The lowest BCUT2D eigenvalue weighted by atomic mass is 9.77. The molecule has 2 aromatic carbocycles. The van der Waals surface area contributed by atoms with E-state index in [-0.39, 0.29) is 0 Å². The smallest absolute Gasteiger partial charge is 0.423 e. The summed E-state index contributed by atoms with van der Waals surface area (Å²) in [5.74, 6) is 0. The number of carbonyl (C=O) groups is 1. The highest BCUT2D eigenvalue weighted by Gasteiger charge is 2.14. The highest BCUT2D eigenvalue weighted by molar-refractivity contribution is 6.59. The van der Waals surface area contributed by atoms with Crippen LogP contribution in [0.2, 0.25) is 0 Å². The number of anilines is 1. The molecule has 5 heteroatoms. The molecule has 0 spiro atoms. The molecule has 0 aromatic heterocycles. The summed E-state index contributed by atoms with van der Waals surface area (Å²) in [6.45, 7) is 0.415. The largest absolute Gasteiger partial charge is 0.488 e. The SMILES string of the molecule is O=Cc1ccccc1NCc1ccccc1B(O)O. The van der Waals surface area contributed by atoms with E-state index in [0.29, 0.717) is 17.6 Å². The maximum Gasteiger partial charge on any atom is 0.488 e. The van der Waals surface area contributed by atoms with Gasteiger partial charge in [0.25, 0.3) is 0 Å². The summed E-state index contributed by atoms with van der Waals surface area (Å²) in [5.41, 5.74) is 2.53. The Morgan fingerprint density at radius 1 is 1.05 bits per heavy atom. The summed E-state index contributed by atoms with van der Waals surface area (Å²) in [7, 11) is -1.50. The monoisotopic (exact) mass is 255 g/mol. The molecule has 96 valence electrons. The maximum absolute atomic E-state index is 10.9. The number of benzene rings is 2. The van der Waals surface area contributed by atoms with Gasteiger partial charge in [0.2, 0.25) is 0 Å². The lowest BCUT2D eigenvalue weighted by Gasteiger charge is -2.12. The first kappa shape index (κ1) is 13.3. The summed E-state index contributed by atoms with van der Waals surface area (Å²) in [5, 5.41) is 21.7. The normalized spacial score (nSPS) is 10.0. The lowest BCUT2D eigenvalue weighted by molar-refractivity contribution is 0.112. The molecule has 0 radical (unpaired) electrons. The van der Waals surface area contributed by atoms with Crippen molar-refractivity contribution in [1.82, 2.24) is 0 Å². The van der Waals surface area contributed by atoms with Crippen LogP contribution < -0.4 is 10.8 Å². The minimum Gasteiger partial charge on any atom is -0.423 e. The van der Waals surface area contributed by atoms with E-state index in [0.717, 1.165) is 17.5 Å². The van der Waals surface area contributed by atoms with Gasteiger partial charge < -0.3 is 15.4 Å². The van der Waals surface area contributed by atoms with Crippen molar-refractivity contribution >= 4 is 24.6 Å². The van der Waals surface area contributed by atoms with Crippen molar-refractivity contribution in [2.75, 3.05) is 5.32 Å². The highest BCUT2D eigenvalue weighted by Crippen LogP contribution is 2.13. The lowest BCUT2D eigenvalue weighted by Crippen LogP contribution is -2.33. The van der Waals surface area contributed by atoms with Crippen LogP contribution in [-0.4, -0.2) is 23.5 Å². The van der Waals surface area contributed by atoms with Crippen molar-refractivity contribution in [3.05, 3.63) is 59.7 Å². The van der Waals surface area contributed by atoms with Gasteiger partial charge >= 0.3 is 7.12 Å². The number of para-hydroxylation sites is 1. The molecule has 0 saturated carbocycles. The van der Waals surface area contributed by atoms with E-state index in [2.05, 4.69) is 5.32 Å². The number of rotatable bonds is 5. The molecule has 0 aliphatic rings. The Labute approximate surface area is 111 Å². The summed E-state index contributed by atoms with van der Waals surface area (Å²) < 4.78 is 0. The summed E-state index contributed by atoms with van der Waals surface area (Å²) in [6.07, 6.45) is 0.787. The maximum atomic E-state index is 10.9. The molecule has 0 unspecified atom stereocenters. The molecule has 3 N–H and O–H groups in total. The first-order valence-electron chi connectivity index (χ1n) is 5.94. The van der Waals surface area contributed by atoms with Gasteiger partial charge in [0.1, 0.15) is 0 Å². The van der Waals surface area contributed by atoms with Crippen molar-refractivity contribution in [3.63, 3.8) is 0 Å². The van der Waals surface area contributed by atoms with Crippen LogP contribution in [0.3, 0.4) is 0 Å². The Balaban J connectivity index is 2.17. The van der Waals surface area contributed by atoms with Crippen LogP contribution in [0, 0.1) is 0 Å². The molecule has 0 bridgehead atoms. The molecule has 0 aliphatic heterocycles. The fourth-order valence-corrected chi connectivity index (χ4v) is 1.90. The zero-order valence-electron chi connectivity index (χ0n) is 10.3. The molecule has 0 amide bonds. The third kappa shape index (κ3) is 3.22. The number of hydrogen-bond donors (Lipinski definition) is 3. The van der Waals surface area contributed by atoms with E-state index in [1.54, 1.807) is 24.3 Å². The minimum absolute atomic E-state index is 0.415. The van der Waals surface area contributed by atoms with Crippen LogP contribution in [0.5, 0.6) is 0 Å². The molecule has 2 rings (SSSR count). The van der Waals surface area contributed by atoms with Crippen LogP contribution in [-0.2, 0) is 6.54 Å². The van der Waals surface area contributed by atoms with Crippen molar-refractivity contribution in [1.29, 1.82) is 0 Å². The van der Waals surface area contributed by atoms with Crippen LogP contribution >= 0.6 is 0 Å². The van der Waals surface area contributed by atoms with Gasteiger partial charge in [0, 0.05) is 17.8 Å². The zero-order valence-corrected chi connectivity index (χ0v) is 10.3. The molecule has 0 atom stereocenters. The van der Waals surface area contributed by atoms with E-state index in [1.807, 2.05) is 24.3 Å². The number of hydrogen-bond acceptors (Lipinski definition) is 4. The molecular formula is C14H14BNO3. The van der Waals surface area contributed by atoms with E-state index in [9.17, 15) is 14.8 Å². The average Bonchev–Trinajstić information content (AvgIpc) is 2.45. The first-order chi connectivity index (χ1) is 9.22. The fraction of sp³-hybridized carbons (Fsp3) is 0.0714. The second-order valence-corrected chi connectivity index (χ2v) is 4.13. The Morgan fingerprint density at radius 2 is 1.74 bits per heavy atom. The first-order valence-corrected chi connectivity index (χ1v) is 5.94. The molecule has 19 heavy (non-hydrogen) atoms. The summed E-state index contributed by atoms with van der Waals surface area (Å²) in [4.78, 5) is 10.9. The van der Waals surface area contributed by atoms with Crippen LogP contribution in [0.15, 0.2) is 48.5 Å². The van der Waals surface area contributed by atoms with Gasteiger partial charge in [-0.2, -0.15) is 0 Å². The Bertz CT molecular complexity index is 572. The second kappa shape index (κ2) is 6.18. The van der Waals surface area contributed by atoms with Gasteiger partial charge in [0.15, 0.2) is 6.29 Å². The third-order valence-corrected chi connectivity index (χ3v) is 2.89. The number of carbonyl (C=O) groups excluding carboxylic acids is 1. The van der Waals surface area contributed by atoms with Crippen LogP contribution in [0.25, 0.3) is 0 Å². The van der Waals surface area contributed by atoms with Crippen molar-refractivity contribution in [2.45, 2.75) is 6.54 Å². The average molecular weight is 255 g/mol. The molecule has 0 aliphatic carbocycles.